The van der Waals surface area contributed by atoms with Crippen LogP contribution < -0.4 is 15.5 Å². The van der Waals surface area contributed by atoms with Crippen LogP contribution >= 0.6 is 0 Å². The Bertz CT molecular complexity index is 647. The van der Waals surface area contributed by atoms with Gasteiger partial charge in [0.1, 0.15) is 17.5 Å². The molecule has 1 aromatic carbocycles. The summed E-state index contributed by atoms with van der Waals surface area (Å²) in [6.07, 6.45) is 5.03. The van der Waals surface area contributed by atoms with Crippen molar-refractivity contribution in [2.24, 2.45) is 0 Å². The number of hydrogen-bond donors (Lipinski definition) is 2. The van der Waals surface area contributed by atoms with Crippen LogP contribution in [0.5, 0.6) is 0 Å². The fourth-order valence-corrected chi connectivity index (χ4v) is 3.03. The molecule has 1 fully saturated rings. The Hall–Kier alpha value is -2.30. The van der Waals surface area contributed by atoms with Crippen molar-refractivity contribution in [3.05, 3.63) is 36.2 Å². The molecule has 0 spiro atoms. The number of nitrogens with zero attached hydrogens (tertiary/aromatic N) is 3. The third-order valence-electron chi connectivity index (χ3n) is 4.25. The van der Waals surface area contributed by atoms with Gasteiger partial charge in [0.25, 0.3) is 0 Å². The molecule has 1 aliphatic rings. The number of aryl methyl sites for hydroxylation is 1. The molecule has 0 unspecified atom stereocenters. The van der Waals surface area contributed by atoms with Crippen LogP contribution in [-0.4, -0.2) is 29.6 Å². The molecule has 2 heterocycles. The number of rotatable bonds is 6. The molecular formula is C19H27N5. The first-order valence-corrected chi connectivity index (χ1v) is 8.96. The van der Waals surface area contributed by atoms with Gasteiger partial charge in [0.05, 0.1) is 0 Å². The first-order chi connectivity index (χ1) is 11.7. The molecule has 1 aliphatic heterocycles. The normalized spacial score (nSPS) is 14.5. The maximum absolute atomic E-state index is 4.48. The van der Waals surface area contributed by atoms with Gasteiger partial charge in [-0.25, -0.2) is 9.97 Å². The molecule has 5 heteroatoms. The first-order valence-electron chi connectivity index (χ1n) is 8.96. The van der Waals surface area contributed by atoms with Crippen LogP contribution in [0.2, 0.25) is 0 Å². The molecule has 128 valence electrons. The molecule has 1 aromatic heterocycles. The summed E-state index contributed by atoms with van der Waals surface area (Å²) in [5.74, 6) is 2.46. The Labute approximate surface area is 144 Å². The number of anilines is 4. The zero-order valence-corrected chi connectivity index (χ0v) is 14.7. The summed E-state index contributed by atoms with van der Waals surface area (Å²) < 4.78 is 0. The van der Waals surface area contributed by atoms with Crippen molar-refractivity contribution in [2.75, 3.05) is 35.2 Å². The average molecular weight is 325 g/mol. The smallest absolute Gasteiger partial charge is 0.136 e. The van der Waals surface area contributed by atoms with Crippen LogP contribution in [0.25, 0.3) is 0 Å². The topological polar surface area (TPSA) is 53.1 Å². The highest BCUT2D eigenvalue weighted by Gasteiger charge is 2.10. The summed E-state index contributed by atoms with van der Waals surface area (Å²) in [6.45, 7) is 7.32. The Kier molecular flexibility index (Phi) is 5.51. The van der Waals surface area contributed by atoms with E-state index >= 15 is 0 Å². The standard InChI is InChI=1S/C19H27N5/c1-3-11-20-18-14-19(22-15(2)21-18)23-16-7-9-17(10-8-16)24-12-5-4-6-13-24/h7-10,14H,3-6,11-13H2,1-2H3,(H2,20,21,22,23). The van der Waals surface area contributed by atoms with Gasteiger partial charge in [0.15, 0.2) is 0 Å². The summed E-state index contributed by atoms with van der Waals surface area (Å²) in [5, 5.41) is 6.70. The number of nitrogens with one attached hydrogen (secondary N) is 2. The van der Waals surface area contributed by atoms with Gasteiger partial charge >= 0.3 is 0 Å². The van der Waals surface area contributed by atoms with Crippen molar-refractivity contribution in [1.29, 1.82) is 0 Å². The minimum atomic E-state index is 0.767. The molecular weight excluding hydrogens is 298 g/mol. The average Bonchev–Trinajstić information content (AvgIpc) is 2.61. The summed E-state index contributed by atoms with van der Waals surface area (Å²) in [5.41, 5.74) is 2.36. The number of benzene rings is 1. The minimum absolute atomic E-state index is 0.767. The van der Waals surface area contributed by atoms with E-state index in [1.54, 1.807) is 0 Å². The lowest BCUT2D eigenvalue weighted by atomic mass is 10.1. The number of piperidine rings is 1. The van der Waals surface area contributed by atoms with Crippen molar-refractivity contribution in [3.63, 3.8) is 0 Å². The lowest BCUT2D eigenvalue weighted by Gasteiger charge is -2.28. The van der Waals surface area contributed by atoms with Gasteiger partial charge in [0, 0.05) is 37.1 Å². The second kappa shape index (κ2) is 7.99. The second-order valence-corrected chi connectivity index (χ2v) is 6.33. The van der Waals surface area contributed by atoms with Gasteiger partial charge in [0.2, 0.25) is 0 Å². The van der Waals surface area contributed by atoms with Crippen molar-refractivity contribution in [1.82, 2.24) is 9.97 Å². The lowest BCUT2D eigenvalue weighted by molar-refractivity contribution is 0.578. The third kappa shape index (κ3) is 4.37. The molecule has 5 nitrogen and oxygen atoms in total. The van der Waals surface area contributed by atoms with E-state index in [4.69, 9.17) is 0 Å². The molecule has 2 aromatic rings. The molecule has 0 atom stereocenters. The lowest BCUT2D eigenvalue weighted by Crippen LogP contribution is -2.29. The molecule has 1 saturated heterocycles. The second-order valence-electron chi connectivity index (χ2n) is 6.33. The van der Waals surface area contributed by atoms with Gasteiger partial charge in [-0.15, -0.1) is 0 Å². The molecule has 24 heavy (non-hydrogen) atoms. The first kappa shape index (κ1) is 16.6. The van der Waals surface area contributed by atoms with Crippen LogP contribution in [0, 0.1) is 6.92 Å². The zero-order chi connectivity index (χ0) is 16.8. The van der Waals surface area contributed by atoms with E-state index in [1.165, 1.54) is 38.0 Å². The van der Waals surface area contributed by atoms with E-state index < -0.39 is 0 Å². The van der Waals surface area contributed by atoms with Crippen molar-refractivity contribution in [2.45, 2.75) is 39.5 Å². The predicted octanol–water partition coefficient (Wildman–Crippen LogP) is 4.34. The molecule has 3 rings (SSSR count). The minimum Gasteiger partial charge on any atom is -0.372 e. The van der Waals surface area contributed by atoms with E-state index in [0.717, 1.165) is 36.1 Å². The van der Waals surface area contributed by atoms with Gasteiger partial charge in [-0.2, -0.15) is 0 Å². The Morgan fingerprint density at radius 2 is 1.71 bits per heavy atom. The third-order valence-corrected chi connectivity index (χ3v) is 4.25. The van der Waals surface area contributed by atoms with Crippen molar-refractivity contribution < 1.29 is 0 Å². The highest BCUT2D eigenvalue weighted by Crippen LogP contribution is 2.23. The zero-order valence-electron chi connectivity index (χ0n) is 14.7. The van der Waals surface area contributed by atoms with Crippen molar-refractivity contribution in [3.8, 4) is 0 Å². The van der Waals surface area contributed by atoms with Crippen LogP contribution in [0.3, 0.4) is 0 Å². The van der Waals surface area contributed by atoms with Crippen LogP contribution in [0.1, 0.15) is 38.4 Å². The van der Waals surface area contributed by atoms with Crippen LogP contribution in [-0.2, 0) is 0 Å². The quantitative estimate of drug-likeness (QED) is 0.827. The van der Waals surface area contributed by atoms with Gasteiger partial charge in [-0.1, -0.05) is 6.92 Å². The van der Waals surface area contributed by atoms with Gasteiger partial charge in [-0.05, 0) is 56.9 Å². The fraction of sp³-hybridized carbons (Fsp3) is 0.474. The van der Waals surface area contributed by atoms with Gasteiger partial charge in [-0.3, -0.25) is 0 Å². The maximum Gasteiger partial charge on any atom is 0.136 e. The van der Waals surface area contributed by atoms with E-state index in [1.807, 2.05) is 13.0 Å². The van der Waals surface area contributed by atoms with Crippen LogP contribution in [0.4, 0.5) is 23.0 Å². The predicted molar refractivity (Wildman–Crippen MR) is 101 cm³/mol. The molecule has 2 N–H and O–H groups in total. The monoisotopic (exact) mass is 325 g/mol. The SMILES string of the molecule is CCCNc1cc(Nc2ccc(N3CCCCC3)cc2)nc(C)n1. The van der Waals surface area contributed by atoms with Crippen LogP contribution in [0.15, 0.2) is 30.3 Å². The van der Waals surface area contributed by atoms with E-state index in [2.05, 4.69) is 56.7 Å². The van der Waals surface area contributed by atoms with E-state index in [-0.39, 0.29) is 0 Å². The van der Waals surface area contributed by atoms with E-state index in [9.17, 15) is 0 Å². The molecule has 0 bridgehead atoms. The highest BCUT2D eigenvalue weighted by molar-refractivity contribution is 5.62. The Morgan fingerprint density at radius 3 is 2.42 bits per heavy atom. The van der Waals surface area contributed by atoms with Gasteiger partial charge < -0.3 is 15.5 Å². The highest BCUT2D eigenvalue weighted by atomic mass is 15.1. The molecule has 0 aliphatic carbocycles. The molecule has 0 radical (unpaired) electrons. The fourth-order valence-electron chi connectivity index (χ4n) is 3.03. The number of aromatic nitrogens is 2. The summed E-state index contributed by atoms with van der Waals surface area (Å²) >= 11 is 0. The van der Waals surface area contributed by atoms with Crippen molar-refractivity contribution >= 4 is 23.0 Å². The molecule has 0 amide bonds. The summed E-state index contributed by atoms with van der Waals surface area (Å²) in [7, 11) is 0. The number of hydrogen-bond acceptors (Lipinski definition) is 5. The maximum atomic E-state index is 4.48. The summed E-state index contributed by atoms with van der Waals surface area (Å²) in [4.78, 5) is 11.4. The van der Waals surface area contributed by atoms with E-state index in [0.29, 0.717) is 0 Å². The molecule has 0 saturated carbocycles. The Morgan fingerprint density at radius 1 is 1.00 bits per heavy atom. The summed E-state index contributed by atoms with van der Waals surface area (Å²) in [6, 6.07) is 10.6. The largest absolute Gasteiger partial charge is 0.372 e. The Balaban J connectivity index is 1.68.